The second kappa shape index (κ2) is 9.23. The number of carboxylic acids is 1. The second-order valence-electron chi connectivity index (χ2n) is 7.69. The summed E-state index contributed by atoms with van der Waals surface area (Å²) in [5.74, 6) is -0.736. The van der Waals surface area contributed by atoms with Gasteiger partial charge in [-0.2, -0.15) is 0 Å². The molecule has 1 aliphatic carbocycles. The summed E-state index contributed by atoms with van der Waals surface area (Å²) in [6.07, 6.45) is 2.47. The lowest BCUT2D eigenvalue weighted by atomic mass is 9.85. The van der Waals surface area contributed by atoms with Crippen LogP contribution < -0.4 is 15.5 Å². The number of carboxylic acid groups (broad SMARTS) is 1. The molecule has 2 amide bonds. The van der Waals surface area contributed by atoms with E-state index in [9.17, 15) is 14.0 Å². The zero-order chi connectivity index (χ0) is 20.1. The van der Waals surface area contributed by atoms with Crippen LogP contribution in [-0.4, -0.2) is 66.8 Å². The standard InChI is InChI=1S/C20H29FN4O3/c1-2-24(13-19(26)27)16-9-15(10-16)23-20(28)22-11-14-7-8-25(12-14)18-6-4-3-5-17(18)21/h3-6,14-16H,2,7-13H2,1H3,(H,26,27)(H2,22,23,28). The number of benzene rings is 1. The van der Waals surface area contributed by atoms with Gasteiger partial charge in [-0.05, 0) is 43.9 Å². The Hall–Kier alpha value is -2.35. The van der Waals surface area contributed by atoms with Crippen LogP contribution in [0.25, 0.3) is 0 Å². The molecule has 1 aliphatic heterocycles. The first-order valence-electron chi connectivity index (χ1n) is 9.96. The van der Waals surface area contributed by atoms with Gasteiger partial charge in [0.1, 0.15) is 5.82 Å². The molecule has 0 bridgehead atoms. The Balaban J connectivity index is 1.35. The van der Waals surface area contributed by atoms with E-state index in [1.54, 1.807) is 12.1 Å². The number of hydrogen-bond acceptors (Lipinski definition) is 4. The van der Waals surface area contributed by atoms with Crippen LogP contribution in [0.15, 0.2) is 24.3 Å². The summed E-state index contributed by atoms with van der Waals surface area (Å²) >= 11 is 0. The lowest BCUT2D eigenvalue weighted by Gasteiger charge is -2.42. The predicted octanol–water partition coefficient (Wildman–Crippen LogP) is 1.89. The van der Waals surface area contributed by atoms with Crippen LogP contribution in [0.1, 0.15) is 26.2 Å². The average Bonchev–Trinajstić information content (AvgIpc) is 3.10. The van der Waals surface area contributed by atoms with Crippen molar-refractivity contribution in [1.29, 1.82) is 0 Å². The third-order valence-corrected chi connectivity index (χ3v) is 5.74. The molecule has 1 atom stereocenters. The number of halogens is 1. The smallest absolute Gasteiger partial charge is 0.317 e. The summed E-state index contributed by atoms with van der Waals surface area (Å²) in [6, 6.07) is 6.89. The fourth-order valence-corrected chi connectivity index (χ4v) is 4.08. The molecule has 8 heteroatoms. The largest absolute Gasteiger partial charge is 0.480 e. The normalized spacial score (nSPS) is 24.1. The van der Waals surface area contributed by atoms with Crippen LogP contribution in [0.5, 0.6) is 0 Å². The molecule has 2 aliphatic rings. The summed E-state index contributed by atoms with van der Waals surface area (Å²) in [4.78, 5) is 26.9. The highest BCUT2D eigenvalue weighted by atomic mass is 19.1. The van der Waals surface area contributed by atoms with Crippen LogP contribution in [-0.2, 0) is 4.79 Å². The molecule has 1 saturated carbocycles. The van der Waals surface area contributed by atoms with Crippen LogP contribution in [0.3, 0.4) is 0 Å². The molecule has 0 aromatic heterocycles. The van der Waals surface area contributed by atoms with Crippen LogP contribution >= 0.6 is 0 Å². The molecule has 1 heterocycles. The summed E-state index contributed by atoms with van der Waals surface area (Å²) in [5, 5.41) is 14.8. The van der Waals surface area contributed by atoms with Crippen molar-refractivity contribution in [2.45, 2.75) is 38.3 Å². The SMILES string of the molecule is CCN(CC(=O)O)C1CC(NC(=O)NCC2CCN(c3ccccc3F)C2)C1. The first kappa shape index (κ1) is 20.4. The number of rotatable bonds is 8. The Morgan fingerprint density at radius 1 is 1.32 bits per heavy atom. The van der Waals surface area contributed by atoms with Crippen molar-refractivity contribution < 1.29 is 19.1 Å². The number of carbonyl (C=O) groups excluding carboxylic acids is 1. The Kier molecular flexibility index (Phi) is 6.72. The highest BCUT2D eigenvalue weighted by Crippen LogP contribution is 2.27. The summed E-state index contributed by atoms with van der Waals surface area (Å²) in [5.41, 5.74) is 0.622. The van der Waals surface area contributed by atoms with Crippen LogP contribution in [0.4, 0.5) is 14.9 Å². The lowest BCUT2D eigenvalue weighted by Crippen LogP contribution is -2.56. The van der Waals surface area contributed by atoms with Crippen molar-refractivity contribution in [3.05, 3.63) is 30.1 Å². The number of nitrogens with zero attached hydrogens (tertiary/aromatic N) is 2. The van der Waals surface area contributed by atoms with E-state index in [2.05, 4.69) is 10.6 Å². The van der Waals surface area contributed by atoms with Gasteiger partial charge in [0, 0.05) is 31.7 Å². The molecule has 3 rings (SSSR count). The first-order valence-corrected chi connectivity index (χ1v) is 9.96. The molecule has 1 aromatic carbocycles. The van der Waals surface area contributed by atoms with Gasteiger partial charge in [0.15, 0.2) is 0 Å². The number of urea groups is 1. The molecule has 1 saturated heterocycles. The van der Waals surface area contributed by atoms with Crippen molar-refractivity contribution in [2.24, 2.45) is 5.92 Å². The fraction of sp³-hybridized carbons (Fsp3) is 0.600. The molecule has 3 N–H and O–H groups in total. The molecule has 154 valence electrons. The zero-order valence-electron chi connectivity index (χ0n) is 16.2. The molecule has 28 heavy (non-hydrogen) atoms. The Labute approximate surface area is 164 Å². The summed E-state index contributed by atoms with van der Waals surface area (Å²) in [6.45, 7) is 4.76. The summed E-state index contributed by atoms with van der Waals surface area (Å²) < 4.78 is 13.9. The van der Waals surface area contributed by atoms with Gasteiger partial charge >= 0.3 is 12.0 Å². The molecule has 0 spiro atoms. The molecule has 7 nitrogen and oxygen atoms in total. The third-order valence-electron chi connectivity index (χ3n) is 5.74. The monoisotopic (exact) mass is 392 g/mol. The van der Waals surface area contributed by atoms with Gasteiger partial charge in [0.2, 0.25) is 0 Å². The van der Waals surface area contributed by atoms with E-state index in [-0.39, 0.29) is 30.5 Å². The number of likely N-dealkylation sites (N-methyl/N-ethyl adjacent to an activating group) is 1. The van der Waals surface area contributed by atoms with Crippen LogP contribution in [0, 0.1) is 11.7 Å². The maximum Gasteiger partial charge on any atom is 0.317 e. The Morgan fingerprint density at radius 3 is 2.75 bits per heavy atom. The molecular weight excluding hydrogens is 363 g/mol. The van der Waals surface area contributed by atoms with Crippen molar-refractivity contribution >= 4 is 17.7 Å². The number of aliphatic carboxylic acids is 1. The van der Waals surface area contributed by atoms with Gasteiger partial charge in [-0.25, -0.2) is 9.18 Å². The maximum atomic E-state index is 13.9. The number of hydrogen-bond donors (Lipinski definition) is 3. The van der Waals surface area contributed by atoms with E-state index in [0.717, 1.165) is 32.4 Å². The first-order chi connectivity index (χ1) is 13.5. The summed E-state index contributed by atoms with van der Waals surface area (Å²) in [7, 11) is 0. The van der Waals surface area contributed by atoms with Gasteiger partial charge in [0.25, 0.3) is 0 Å². The minimum Gasteiger partial charge on any atom is -0.480 e. The fourth-order valence-electron chi connectivity index (χ4n) is 4.08. The van der Waals surface area contributed by atoms with Gasteiger partial charge in [-0.1, -0.05) is 19.1 Å². The highest BCUT2D eigenvalue weighted by molar-refractivity contribution is 5.74. The Morgan fingerprint density at radius 2 is 2.07 bits per heavy atom. The minimum atomic E-state index is -0.822. The van der Waals surface area contributed by atoms with E-state index in [4.69, 9.17) is 5.11 Å². The predicted molar refractivity (Wildman–Crippen MR) is 105 cm³/mol. The van der Waals surface area contributed by atoms with E-state index < -0.39 is 5.97 Å². The highest BCUT2D eigenvalue weighted by Gasteiger charge is 2.34. The minimum absolute atomic E-state index is 0.0419. The number of nitrogens with one attached hydrogen (secondary N) is 2. The van der Waals surface area contributed by atoms with Gasteiger partial charge in [-0.3, -0.25) is 9.69 Å². The molecule has 2 fully saturated rings. The molecule has 1 aromatic rings. The number of para-hydroxylation sites is 1. The molecular formula is C20H29FN4O3. The third kappa shape index (κ3) is 5.13. The quantitative estimate of drug-likeness (QED) is 0.629. The number of amides is 2. The number of carbonyl (C=O) groups is 2. The van der Waals surface area contributed by atoms with Crippen molar-refractivity contribution in [3.63, 3.8) is 0 Å². The van der Waals surface area contributed by atoms with Crippen molar-refractivity contribution in [2.75, 3.05) is 37.6 Å². The van der Waals surface area contributed by atoms with E-state index in [1.807, 2.05) is 22.8 Å². The average molecular weight is 392 g/mol. The molecule has 0 radical (unpaired) electrons. The van der Waals surface area contributed by atoms with Crippen LogP contribution in [0.2, 0.25) is 0 Å². The Bertz CT molecular complexity index is 696. The van der Waals surface area contributed by atoms with Gasteiger partial charge in [-0.15, -0.1) is 0 Å². The van der Waals surface area contributed by atoms with E-state index in [1.165, 1.54) is 6.07 Å². The van der Waals surface area contributed by atoms with E-state index in [0.29, 0.717) is 24.7 Å². The maximum absolute atomic E-state index is 13.9. The van der Waals surface area contributed by atoms with Crippen molar-refractivity contribution in [1.82, 2.24) is 15.5 Å². The van der Waals surface area contributed by atoms with Crippen molar-refractivity contribution in [3.8, 4) is 0 Å². The van der Waals surface area contributed by atoms with Gasteiger partial charge < -0.3 is 20.6 Å². The zero-order valence-corrected chi connectivity index (χ0v) is 16.2. The lowest BCUT2D eigenvalue weighted by molar-refractivity contribution is -0.139. The number of anilines is 1. The van der Waals surface area contributed by atoms with E-state index >= 15 is 0 Å². The molecule has 1 unspecified atom stereocenters. The topological polar surface area (TPSA) is 84.9 Å². The second-order valence-corrected chi connectivity index (χ2v) is 7.69. The van der Waals surface area contributed by atoms with Gasteiger partial charge in [0.05, 0.1) is 12.2 Å².